The van der Waals surface area contributed by atoms with Gasteiger partial charge in [-0.1, -0.05) is 19.9 Å². The van der Waals surface area contributed by atoms with Crippen LogP contribution in [0.4, 0.5) is 0 Å². The number of methoxy groups -OCH3 is 1. The van der Waals surface area contributed by atoms with Crippen molar-refractivity contribution in [3.63, 3.8) is 0 Å². The summed E-state index contributed by atoms with van der Waals surface area (Å²) in [6, 6.07) is 0. The van der Waals surface area contributed by atoms with Crippen LogP contribution in [0.3, 0.4) is 0 Å². The van der Waals surface area contributed by atoms with Crippen LogP contribution in [0, 0.1) is 22.2 Å². The Hall–Kier alpha value is -1.70. The number of carbonyl (C=O) groups excluding carboxylic acids is 2. The number of carbonyl (C=O) groups is 2. The number of hydrogen-bond donors (Lipinski definition) is 3. The highest BCUT2D eigenvalue weighted by molar-refractivity contribution is 5.77. The second-order valence-corrected chi connectivity index (χ2v) is 9.83. The Morgan fingerprint density at radius 2 is 1.83 bits per heavy atom. The molecule has 1 saturated carbocycles. The third-order valence-corrected chi connectivity index (χ3v) is 8.12. The molecule has 7 nitrogen and oxygen atoms in total. The molecule has 0 heterocycles. The Kier molecular flexibility index (Phi) is 5.72. The van der Waals surface area contributed by atoms with Crippen LogP contribution in [0.5, 0.6) is 0 Å². The summed E-state index contributed by atoms with van der Waals surface area (Å²) in [5.74, 6) is -1.35. The van der Waals surface area contributed by atoms with E-state index in [0.29, 0.717) is 24.0 Å². The normalized spacial score (nSPS) is 45.8. The second kappa shape index (κ2) is 7.46. The predicted molar refractivity (Wildman–Crippen MR) is 109 cm³/mol. The fourth-order valence-electron chi connectivity index (χ4n) is 6.35. The molecule has 3 aliphatic rings. The van der Waals surface area contributed by atoms with Crippen LogP contribution in [0.2, 0.25) is 0 Å². The van der Waals surface area contributed by atoms with Crippen molar-refractivity contribution < 1.29 is 34.4 Å². The van der Waals surface area contributed by atoms with Crippen LogP contribution in [-0.2, 0) is 19.1 Å². The Balaban J connectivity index is 2.28. The van der Waals surface area contributed by atoms with Gasteiger partial charge in [-0.2, -0.15) is 0 Å². The van der Waals surface area contributed by atoms with Crippen molar-refractivity contribution >= 4 is 11.9 Å². The van der Waals surface area contributed by atoms with Gasteiger partial charge in [0.15, 0.2) is 0 Å². The van der Waals surface area contributed by atoms with E-state index in [1.165, 1.54) is 14.0 Å². The van der Waals surface area contributed by atoms with Gasteiger partial charge in [-0.05, 0) is 44.1 Å². The number of rotatable bonds is 3. The van der Waals surface area contributed by atoms with E-state index in [9.17, 15) is 24.9 Å². The number of aliphatic hydroxyl groups is 3. The third-order valence-electron chi connectivity index (χ3n) is 8.12. The maximum Gasteiger partial charge on any atom is 0.311 e. The minimum Gasteiger partial charge on any atom is -0.469 e. The molecule has 7 heteroatoms. The molecule has 3 rings (SSSR count). The SMILES string of the molecule is C=CC1(C)CC(O)C2=C(C(OC(C)=O)CC3C(C)(C(=O)OC)CCC(O)C23C)C1O. The lowest BCUT2D eigenvalue weighted by molar-refractivity contribution is -0.179. The van der Waals surface area contributed by atoms with E-state index in [2.05, 4.69) is 6.58 Å². The first kappa shape index (κ1) is 23.0. The van der Waals surface area contributed by atoms with Crippen molar-refractivity contribution in [1.82, 2.24) is 0 Å². The summed E-state index contributed by atoms with van der Waals surface area (Å²) in [6.45, 7) is 10.6. The molecule has 0 bridgehead atoms. The standard InChI is InChI=1S/C23H34O7/c1-7-21(3)11-13(25)18-17(19(21)27)14(30-12(2)24)10-15-22(4,20(28)29-6)9-8-16(26)23(15,18)5/h7,13-16,19,25-27H,1,8-11H2,2-6H3. The number of ether oxygens (including phenoxy) is 2. The molecule has 8 unspecified atom stereocenters. The van der Waals surface area contributed by atoms with Gasteiger partial charge in [0.2, 0.25) is 0 Å². The van der Waals surface area contributed by atoms with Gasteiger partial charge in [0, 0.05) is 23.3 Å². The highest BCUT2D eigenvalue weighted by atomic mass is 16.5. The summed E-state index contributed by atoms with van der Waals surface area (Å²) in [6.07, 6.45) is -0.801. The average molecular weight is 423 g/mol. The molecule has 0 amide bonds. The quantitative estimate of drug-likeness (QED) is 0.470. The van der Waals surface area contributed by atoms with Crippen LogP contribution in [0.15, 0.2) is 23.8 Å². The molecular weight excluding hydrogens is 388 g/mol. The Labute approximate surface area is 177 Å². The maximum absolute atomic E-state index is 12.8. The van der Waals surface area contributed by atoms with Crippen molar-refractivity contribution in [2.24, 2.45) is 22.2 Å². The zero-order valence-corrected chi connectivity index (χ0v) is 18.5. The minimum atomic E-state index is -1.03. The molecule has 0 spiro atoms. The van der Waals surface area contributed by atoms with Gasteiger partial charge in [0.1, 0.15) is 6.10 Å². The summed E-state index contributed by atoms with van der Waals surface area (Å²) in [7, 11) is 1.34. The van der Waals surface area contributed by atoms with E-state index in [1.54, 1.807) is 13.0 Å². The minimum absolute atomic E-state index is 0.216. The first-order chi connectivity index (χ1) is 13.9. The average Bonchev–Trinajstić information content (AvgIpc) is 2.68. The van der Waals surface area contributed by atoms with Crippen LogP contribution in [0.25, 0.3) is 0 Å². The van der Waals surface area contributed by atoms with Crippen LogP contribution >= 0.6 is 0 Å². The smallest absolute Gasteiger partial charge is 0.311 e. The molecule has 0 aromatic heterocycles. The highest BCUT2D eigenvalue weighted by Gasteiger charge is 2.65. The molecule has 0 radical (unpaired) electrons. The number of fused-ring (bicyclic) bond motifs is 2. The largest absolute Gasteiger partial charge is 0.469 e. The molecule has 8 atom stereocenters. The predicted octanol–water partition coefficient (Wildman–Crippen LogP) is 1.89. The zero-order valence-electron chi connectivity index (χ0n) is 18.5. The maximum atomic E-state index is 12.8. The molecule has 0 saturated heterocycles. The van der Waals surface area contributed by atoms with Gasteiger partial charge >= 0.3 is 11.9 Å². The molecule has 0 aromatic carbocycles. The summed E-state index contributed by atoms with van der Waals surface area (Å²) in [4.78, 5) is 24.7. The first-order valence-corrected chi connectivity index (χ1v) is 10.5. The molecule has 1 fully saturated rings. The molecule has 168 valence electrons. The molecule has 3 N–H and O–H groups in total. The van der Waals surface area contributed by atoms with E-state index < -0.39 is 58.5 Å². The third kappa shape index (κ3) is 3.05. The highest BCUT2D eigenvalue weighted by Crippen LogP contribution is 2.63. The number of aliphatic hydroxyl groups excluding tert-OH is 3. The van der Waals surface area contributed by atoms with Crippen molar-refractivity contribution in [1.29, 1.82) is 0 Å². The van der Waals surface area contributed by atoms with E-state index in [4.69, 9.17) is 9.47 Å². The van der Waals surface area contributed by atoms with Crippen molar-refractivity contribution in [3.8, 4) is 0 Å². The Morgan fingerprint density at radius 1 is 1.20 bits per heavy atom. The molecule has 0 aliphatic heterocycles. The summed E-state index contributed by atoms with van der Waals surface area (Å²) in [5, 5.41) is 33.7. The van der Waals surface area contributed by atoms with E-state index >= 15 is 0 Å². The lowest BCUT2D eigenvalue weighted by atomic mass is 9.45. The van der Waals surface area contributed by atoms with Gasteiger partial charge < -0.3 is 24.8 Å². The van der Waals surface area contributed by atoms with Gasteiger partial charge in [-0.15, -0.1) is 6.58 Å². The number of hydrogen-bond acceptors (Lipinski definition) is 7. The summed E-state index contributed by atoms with van der Waals surface area (Å²) < 4.78 is 10.7. The molecule has 3 aliphatic carbocycles. The monoisotopic (exact) mass is 422 g/mol. The number of esters is 2. The lowest BCUT2D eigenvalue weighted by Crippen LogP contribution is -2.63. The Morgan fingerprint density at radius 3 is 2.37 bits per heavy atom. The fourth-order valence-corrected chi connectivity index (χ4v) is 6.35. The molecule has 30 heavy (non-hydrogen) atoms. The topological polar surface area (TPSA) is 113 Å². The zero-order chi connectivity index (χ0) is 22.6. The fraction of sp³-hybridized carbons (Fsp3) is 0.739. The van der Waals surface area contributed by atoms with E-state index in [-0.39, 0.29) is 12.8 Å². The van der Waals surface area contributed by atoms with Crippen molar-refractivity contribution in [3.05, 3.63) is 23.8 Å². The van der Waals surface area contributed by atoms with Gasteiger partial charge in [-0.25, -0.2) is 0 Å². The van der Waals surface area contributed by atoms with Crippen LogP contribution in [0.1, 0.15) is 53.4 Å². The summed E-state index contributed by atoms with van der Waals surface area (Å²) >= 11 is 0. The molecule has 0 aromatic rings. The first-order valence-electron chi connectivity index (χ1n) is 10.5. The van der Waals surface area contributed by atoms with E-state index in [1.807, 2.05) is 13.8 Å². The Bertz CT molecular complexity index is 788. The van der Waals surface area contributed by atoms with Gasteiger partial charge in [0.25, 0.3) is 0 Å². The van der Waals surface area contributed by atoms with Crippen molar-refractivity contribution in [2.45, 2.75) is 77.8 Å². The van der Waals surface area contributed by atoms with E-state index in [0.717, 1.165) is 0 Å². The summed E-state index contributed by atoms with van der Waals surface area (Å²) in [5.41, 5.74) is -1.80. The molecular formula is C23H34O7. The van der Waals surface area contributed by atoms with Gasteiger partial charge in [0.05, 0.1) is 30.8 Å². The van der Waals surface area contributed by atoms with Crippen LogP contribution < -0.4 is 0 Å². The lowest BCUT2D eigenvalue weighted by Gasteiger charge is -2.61. The van der Waals surface area contributed by atoms with Crippen LogP contribution in [-0.4, -0.2) is 58.8 Å². The second-order valence-electron chi connectivity index (χ2n) is 9.83. The van der Waals surface area contributed by atoms with Gasteiger partial charge in [-0.3, -0.25) is 9.59 Å². The van der Waals surface area contributed by atoms with Crippen molar-refractivity contribution in [2.75, 3.05) is 7.11 Å².